The zero-order valence-electron chi connectivity index (χ0n) is 14.7. The summed E-state index contributed by atoms with van der Waals surface area (Å²) < 4.78 is 0. The van der Waals surface area contributed by atoms with Crippen LogP contribution in [0.15, 0.2) is 65.6 Å². The van der Waals surface area contributed by atoms with Gasteiger partial charge in [0.2, 0.25) is 0 Å². The number of carbonyl (C=O) groups excluding carboxylic acids is 1. The van der Waals surface area contributed by atoms with E-state index in [2.05, 4.69) is 12.6 Å². The molecular formula is C19H27ClN2OS. The fourth-order valence-corrected chi connectivity index (χ4v) is 2.21. The summed E-state index contributed by atoms with van der Waals surface area (Å²) in [7, 11) is 0. The fraction of sp³-hybridized carbons (Fsp3) is 0.316. The summed E-state index contributed by atoms with van der Waals surface area (Å²) in [5.74, 6) is 0. The number of primary amides is 1. The van der Waals surface area contributed by atoms with Crippen molar-refractivity contribution in [2.24, 2.45) is 5.73 Å². The lowest BCUT2D eigenvalue weighted by molar-refractivity contribution is 0.174. The standard InChI is InChI=1S/C7H16N2O.C6H5ClS.C6H6/c1-5(2)9(6(3)4)7(8)10;7-5-1-3-6(8)4-2-5;1-2-4-6-5-3-1/h5-6H,1-4H3,(H2,8,10);1-4,8H;1-6H. The monoisotopic (exact) mass is 366 g/mol. The topological polar surface area (TPSA) is 46.3 Å². The Balaban J connectivity index is 0.000000340. The summed E-state index contributed by atoms with van der Waals surface area (Å²) in [4.78, 5) is 13.3. The van der Waals surface area contributed by atoms with Crippen LogP contribution in [0.2, 0.25) is 5.02 Å². The molecule has 0 aromatic heterocycles. The van der Waals surface area contributed by atoms with E-state index in [1.165, 1.54) is 0 Å². The minimum absolute atomic E-state index is 0.192. The van der Waals surface area contributed by atoms with E-state index in [9.17, 15) is 4.79 Å². The Morgan fingerprint density at radius 3 is 1.42 bits per heavy atom. The average molecular weight is 367 g/mol. The van der Waals surface area contributed by atoms with Crippen LogP contribution in [0.4, 0.5) is 4.79 Å². The third-order valence-corrected chi connectivity index (χ3v) is 3.41. The van der Waals surface area contributed by atoms with Crippen LogP contribution < -0.4 is 5.73 Å². The molecule has 2 aromatic carbocycles. The molecule has 0 fully saturated rings. The molecule has 0 unspecified atom stereocenters. The lowest BCUT2D eigenvalue weighted by Gasteiger charge is -2.28. The first kappa shape index (κ1) is 22.4. The van der Waals surface area contributed by atoms with Crippen molar-refractivity contribution < 1.29 is 4.79 Å². The van der Waals surface area contributed by atoms with Crippen molar-refractivity contribution in [3.8, 4) is 0 Å². The number of hydrogen-bond donors (Lipinski definition) is 2. The van der Waals surface area contributed by atoms with Crippen LogP contribution in [0.5, 0.6) is 0 Å². The van der Waals surface area contributed by atoms with Crippen LogP contribution in [0, 0.1) is 0 Å². The Labute approximate surface area is 156 Å². The summed E-state index contributed by atoms with van der Waals surface area (Å²) in [6.07, 6.45) is 0. The molecule has 0 saturated heterocycles. The number of rotatable bonds is 2. The van der Waals surface area contributed by atoms with Crippen LogP contribution in [-0.4, -0.2) is 23.0 Å². The molecule has 24 heavy (non-hydrogen) atoms. The molecule has 0 radical (unpaired) electrons. The molecule has 0 bridgehead atoms. The normalized spacial score (nSPS) is 9.50. The third kappa shape index (κ3) is 11.0. The molecular weight excluding hydrogens is 340 g/mol. The molecule has 2 amide bonds. The minimum Gasteiger partial charge on any atom is -0.351 e. The predicted octanol–water partition coefficient (Wildman–Crippen LogP) is 5.50. The molecule has 5 heteroatoms. The van der Waals surface area contributed by atoms with Gasteiger partial charge in [0.05, 0.1) is 0 Å². The van der Waals surface area contributed by atoms with Crippen molar-refractivity contribution in [3.63, 3.8) is 0 Å². The number of halogens is 1. The van der Waals surface area contributed by atoms with Crippen LogP contribution in [0.1, 0.15) is 27.7 Å². The first-order valence-corrected chi connectivity index (χ1v) is 8.60. The molecule has 2 rings (SSSR count). The molecule has 0 aliphatic rings. The molecule has 132 valence electrons. The number of thiol groups is 1. The van der Waals surface area contributed by atoms with Crippen molar-refractivity contribution in [2.45, 2.75) is 44.7 Å². The van der Waals surface area contributed by atoms with Gasteiger partial charge in [-0.3, -0.25) is 0 Å². The quantitative estimate of drug-likeness (QED) is 0.677. The maximum Gasteiger partial charge on any atom is 0.315 e. The number of nitrogens with zero attached hydrogens (tertiary/aromatic N) is 1. The van der Waals surface area contributed by atoms with Crippen LogP contribution in [-0.2, 0) is 0 Å². The Morgan fingerprint density at radius 2 is 1.25 bits per heavy atom. The van der Waals surface area contributed by atoms with Gasteiger partial charge in [-0.25, -0.2) is 4.79 Å². The van der Waals surface area contributed by atoms with E-state index in [-0.39, 0.29) is 18.1 Å². The predicted molar refractivity (Wildman–Crippen MR) is 107 cm³/mol. The third-order valence-electron chi connectivity index (χ3n) is 2.86. The molecule has 0 aliphatic heterocycles. The Kier molecular flexibility index (Phi) is 11.9. The number of benzene rings is 2. The van der Waals surface area contributed by atoms with Gasteiger partial charge in [0, 0.05) is 22.0 Å². The number of nitrogens with two attached hydrogens (primary N) is 1. The van der Waals surface area contributed by atoms with Gasteiger partial charge in [-0.1, -0.05) is 48.0 Å². The van der Waals surface area contributed by atoms with Crippen LogP contribution in [0.25, 0.3) is 0 Å². The van der Waals surface area contributed by atoms with Gasteiger partial charge >= 0.3 is 6.03 Å². The van der Waals surface area contributed by atoms with Gasteiger partial charge in [0.25, 0.3) is 0 Å². The summed E-state index contributed by atoms with van der Waals surface area (Å²) in [5.41, 5.74) is 5.13. The highest BCUT2D eigenvalue weighted by atomic mass is 35.5. The highest BCUT2D eigenvalue weighted by molar-refractivity contribution is 7.80. The molecule has 0 atom stereocenters. The second-order valence-corrected chi connectivity index (χ2v) is 6.52. The van der Waals surface area contributed by atoms with Crippen molar-refractivity contribution in [3.05, 3.63) is 65.7 Å². The number of hydrogen-bond acceptors (Lipinski definition) is 2. The molecule has 0 aliphatic carbocycles. The smallest absolute Gasteiger partial charge is 0.315 e. The maximum atomic E-state index is 10.7. The molecule has 2 aromatic rings. The SMILES string of the molecule is CC(C)N(C(N)=O)C(C)C.Sc1ccc(Cl)cc1.c1ccccc1. The Morgan fingerprint density at radius 1 is 0.917 bits per heavy atom. The van der Waals surface area contributed by atoms with E-state index in [1.807, 2.05) is 88.4 Å². The first-order chi connectivity index (χ1) is 11.3. The molecule has 0 saturated carbocycles. The first-order valence-electron chi connectivity index (χ1n) is 7.78. The second kappa shape index (κ2) is 12.7. The highest BCUT2D eigenvalue weighted by Gasteiger charge is 2.15. The van der Waals surface area contributed by atoms with Gasteiger partial charge < -0.3 is 10.6 Å². The number of carbonyl (C=O) groups is 1. The average Bonchev–Trinajstić information content (AvgIpc) is 2.52. The second-order valence-electron chi connectivity index (χ2n) is 5.56. The minimum atomic E-state index is -0.343. The van der Waals surface area contributed by atoms with E-state index in [1.54, 1.807) is 4.90 Å². The summed E-state index contributed by atoms with van der Waals surface area (Å²) >= 11 is 9.65. The van der Waals surface area contributed by atoms with Crippen molar-refractivity contribution >= 4 is 30.3 Å². The fourth-order valence-electron chi connectivity index (χ4n) is 1.93. The van der Waals surface area contributed by atoms with Gasteiger partial charge in [0.15, 0.2) is 0 Å². The largest absolute Gasteiger partial charge is 0.351 e. The number of urea groups is 1. The molecule has 2 N–H and O–H groups in total. The Hall–Kier alpha value is -1.65. The highest BCUT2D eigenvalue weighted by Crippen LogP contribution is 2.11. The van der Waals surface area contributed by atoms with Crippen LogP contribution in [0.3, 0.4) is 0 Å². The zero-order chi connectivity index (χ0) is 18.5. The Bertz CT molecular complexity index is 504. The van der Waals surface area contributed by atoms with Crippen molar-refractivity contribution in [2.75, 3.05) is 0 Å². The summed E-state index contributed by atoms with van der Waals surface area (Å²) in [6, 6.07) is 19.4. The van der Waals surface area contributed by atoms with Gasteiger partial charge in [0.1, 0.15) is 0 Å². The lowest BCUT2D eigenvalue weighted by atomic mass is 10.2. The van der Waals surface area contributed by atoms with Gasteiger partial charge in [-0.2, -0.15) is 0 Å². The van der Waals surface area contributed by atoms with Gasteiger partial charge in [-0.15, -0.1) is 12.6 Å². The molecule has 3 nitrogen and oxygen atoms in total. The van der Waals surface area contributed by atoms with E-state index in [0.717, 1.165) is 9.92 Å². The maximum absolute atomic E-state index is 10.7. The van der Waals surface area contributed by atoms with Gasteiger partial charge in [-0.05, 0) is 52.0 Å². The van der Waals surface area contributed by atoms with Crippen molar-refractivity contribution in [1.29, 1.82) is 0 Å². The molecule has 0 heterocycles. The van der Waals surface area contributed by atoms with E-state index in [0.29, 0.717) is 0 Å². The van der Waals surface area contributed by atoms with Crippen molar-refractivity contribution in [1.82, 2.24) is 4.90 Å². The zero-order valence-corrected chi connectivity index (χ0v) is 16.3. The van der Waals surface area contributed by atoms with E-state index in [4.69, 9.17) is 17.3 Å². The number of amides is 2. The summed E-state index contributed by atoms with van der Waals surface area (Å²) in [6.45, 7) is 7.80. The van der Waals surface area contributed by atoms with E-state index < -0.39 is 0 Å². The lowest BCUT2D eigenvalue weighted by Crippen LogP contribution is -2.45. The van der Waals surface area contributed by atoms with Crippen LogP contribution >= 0.6 is 24.2 Å². The molecule has 0 spiro atoms. The van der Waals surface area contributed by atoms with E-state index >= 15 is 0 Å². The summed E-state index contributed by atoms with van der Waals surface area (Å²) in [5, 5.41) is 0.753.